The second-order valence-corrected chi connectivity index (χ2v) is 6.41. The normalized spacial score (nSPS) is 14.0. The molecule has 28 heavy (non-hydrogen) atoms. The maximum atomic E-state index is 13.4. The first-order valence-corrected chi connectivity index (χ1v) is 8.81. The number of hydrogen-bond donors (Lipinski definition) is 0. The van der Waals surface area contributed by atoms with Gasteiger partial charge in [-0.15, -0.1) is 0 Å². The molecule has 3 aromatic carbocycles. The lowest BCUT2D eigenvalue weighted by Gasteiger charge is -2.21. The molecule has 138 valence electrons. The minimum absolute atomic E-state index is 0.250. The van der Waals surface area contributed by atoms with Crippen molar-refractivity contribution in [3.63, 3.8) is 0 Å². The Morgan fingerprint density at radius 1 is 0.750 bits per heavy atom. The molecular weight excluding hydrogens is 355 g/mol. The predicted octanol–water partition coefficient (Wildman–Crippen LogP) is 4.25. The van der Waals surface area contributed by atoms with Gasteiger partial charge in [-0.05, 0) is 42.0 Å². The van der Waals surface area contributed by atoms with E-state index in [4.69, 9.17) is 0 Å². The van der Waals surface area contributed by atoms with Gasteiger partial charge in [0.05, 0.1) is 11.3 Å². The van der Waals surface area contributed by atoms with Gasteiger partial charge in [-0.25, -0.2) is 9.29 Å². The fourth-order valence-electron chi connectivity index (χ4n) is 3.30. The SMILES string of the molecule is CN(C1=C(c2ccc(F)cc2)C(=O)N(c2ccccc2)C1=O)c1ccccc1. The van der Waals surface area contributed by atoms with E-state index in [9.17, 15) is 14.0 Å². The molecule has 2 amide bonds. The Hall–Kier alpha value is -3.73. The molecule has 1 heterocycles. The third-order valence-corrected chi connectivity index (χ3v) is 4.69. The molecule has 0 atom stereocenters. The first-order chi connectivity index (χ1) is 13.6. The van der Waals surface area contributed by atoms with Crippen LogP contribution in [-0.4, -0.2) is 18.9 Å². The molecule has 0 aliphatic carbocycles. The van der Waals surface area contributed by atoms with Gasteiger partial charge in [0.25, 0.3) is 11.8 Å². The Morgan fingerprint density at radius 3 is 1.93 bits per heavy atom. The smallest absolute Gasteiger partial charge is 0.282 e. The summed E-state index contributed by atoms with van der Waals surface area (Å²) in [6.45, 7) is 0. The van der Waals surface area contributed by atoms with Gasteiger partial charge in [-0.1, -0.05) is 48.5 Å². The number of benzene rings is 3. The van der Waals surface area contributed by atoms with E-state index in [2.05, 4.69) is 0 Å². The van der Waals surface area contributed by atoms with Crippen molar-refractivity contribution in [2.75, 3.05) is 16.8 Å². The maximum Gasteiger partial charge on any atom is 0.282 e. The Kier molecular flexibility index (Phi) is 4.49. The standard InChI is InChI=1S/C23H17FN2O2/c1-25(18-8-4-2-5-9-18)21-20(16-12-14-17(24)15-13-16)22(27)26(23(21)28)19-10-6-3-7-11-19/h2-15H,1H3. The molecule has 4 nitrogen and oxygen atoms in total. The van der Waals surface area contributed by atoms with Crippen molar-refractivity contribution in [3.05, 3.63) is 102 Å². The summed E-state index contributed by atoms with van der Waals surface area (Å²) in [6, 6.07) is 23.7. The van der Waals surface area contributed by atoms with Crippen LogP contribution in [0.1, 0.15) is 5.56 Å². The van der Waals surface area contributed by atoms with Gasteiger partial charge in [0.2, 0.25) is 0 Å². The van der Waals surface area contributed by atoms with Crippen LogP contribution in [0.2, 0.25) is 0 Å². The third-order valence-electron chi connectivity index (χ3n) is 4.69. The van der Waals surface area contributed by atoms with Gasteiger partial charge in [-0.3, -0.25) is 9.59 Å². The number of carbonyl (C=O) groups excluding carboxylic acids is 2. The number of amides is 2. The zero-order valence-electron chi connectivity index (χ0n) is 15.2. The molecule has 0 spiro atoms. The van der Waals surface area contributed by atoms with Gasteiger partial charge in [-0.2, -0.15) is 0 Å². The number of hydrogen-bond acceptors (Lipinski definition) is 3. The molecule has 0 fully saturated rings. The van der Waals surface area contributed by atoms with Gasteiger partial charge in [0, 0.05) is 12.7 Å². The van der Waals surface area contributed by atoms with E-state index in [-0.39, 0.29) is 11.3 Å². The fourth-order valence-corrected chi connectivity index (χ4v) is 3.30. The molecule has 0 saturated heterocycles. The zero-order chi connectivity index (χ0) is 19.7. The van der Waals surface area contributed by atoms with Crippen LogP contribution in [0.5, 0.6) is 0 Å². The molecule has 0 unspecified atom stereocenters. The van der Waals surface area contributed by atoms with Crippen molar-refractivity contribution < 1.29 is 14.0 Å². The van der Waals surface area contributed by atoms with E-state index in [1.54, 1.807) is 36.2 Å². The van der Waals surface area contributed by atoms with E-state index in [1.807, 2.05) is 36.4 Å². The molecule has 0 aromatic heterocycles. The molecule has 0 N–H and O–H groups in total. The predicted molar refractivity (Wildman–Crippen MR) is 107 cm³/mol. The second kappa shape index (κ2) is 7.12. The number of likely N-dealkylation sites (N-methyl/N-ethyl adjacent to an activating group) is 1. The highest BCUT2D eigenvalue weighted by Gasteiger charge is 2.42. The summed E-state index contributed by atoms with van der Waals surface area (Å²) < 4.78 is 13.4. The van der Waals surface area contributed by atoms with Crippen LogP contribution < -0.4 is 9.80 Å². The lowest BCUT2D eigenvalue weighted by atomic mass is 10.0. The Labute approximate surface area is 162 Å². The molecule has 0 bridgehead atoms. The molecule has 1 aliphatic heterocycles. The monoisotopic (exact) mass is 372 g/mol. The van der Waals surface area contributed by atoms with Crippen LogP contribution in [0, 0.1) is 5.82 Å². The van der Waals surface area contributed by atoms with Crippen LogP contribution in [-0.2, 0) is 9.59 Å². The molecule has 4 rings (SSSR count). The Morgan fingerprint density at radius 2 is 1.32 bits per heavy atom. The molecule has 3 aromatic rings. The topological polar surface area (TPSA) is 40.6 Å². The first kappa shape index (κ1) is 17.7. The average Bonchev–Trinajstić information content (AvgIpc) is 2.99. The number of carbonyl (C=O) groups is 2. The van der Waals surface area contributed by atoms with Gasteiger partial charge >= 0.3 is 0 Å². The number of rotatable bonds is 4. The van der Waals surface area contributed by atoms with Crippen molar-refractivity contribution in [2.24, 2.45) is 0 Å². The van der Waals surface area contributed by atoms with E-state index in [0.29, 0.717) is 11.3 Å². The summed E-state index contributed by atoms with van der Waals surface area (Å²) in [5.41, 5.74) is 2.27. The number of para-hydroxylation sites is 2. The van der Waals surface area contributed by atoms with Crippen molar-refractivity contribution in [1.82, 2.24) is 0 Å². The van der Waals surface area contributed by atoms with E-state index in [0.717, 1.165) is 10.6 Å². The summed E-state index contributed by atoms with van der Waals surface area (Å²) in [6.07, 6.45) is 0. The lowest BCUT2D eigenvalue weighted by molar-refractivity contribution is -0.120. The highest BCUT2D eigenvalue weighted by molar-refractivity contribution is 6.46. The molecule has 1 aliphatic rings. The summed E-state index contributed by atoms with van der Waals surface area (Å²) in [5.74, 6) is -1.25. The number of halogens is 1. The first-order valence-electron chi connectivity index (χ1n) is 8.81. The van der Waals surface area contributed by atoms with Gasteiger partial charge < -0.3 is 4.90 Å². The molecule has 0 saturated carbocycles. The van der Waals surface area contributed by atoms with Crippen LogP contribution >= 0.6 is 0 Å². The van der Waals surface area contributed by atoms with E-state index in [1.165, 1.54) is 24.3 Å². The van der Waals surface area contributed by atoms with Crippen molar-refractivity contribution in [2.45, 2.75) is 0 Å². The van der Waals surface area contributed by atoms with E-state index < -0.39 is 17.6 Å². The number of anilines is 2. The third kappa shape index (κ3) is 2.97. The fraction of sp³-hybridized carbons (Fsp3) is 0.0435. The largest absolute Gasteiger partial charge is 0.339 e. The van der Waals surface area contributed by atoms with Gasteiger partial charge in [0.15, 0.2) is 0 Å². The summed E-state index contributed by atoms with van der Waals surface area (Å²) in [5, 5.41) is 0. The Balaban J connectivity index is 1.88. The minimum Gasteiger partial charge on any atom is -0.339 e. The summed E-state index contributed by atoms with van der Waals surface area (Å²) >= 11 is 0. The van der Waals surface area contributed by atoms with Gasteiger partial charge in [0.1, 0.15) is 11.5 Å². The van der Waals surface area contributed by atoms with Crippen LogP contribution in [0.4, 0.5) is 15.8 Å². The highest BCUT2D eigenvalue weighted by Crippen LogP contribution is 2.35. The van der Waals surface area contributed by atoms with Crippen molar-refractivity contribution in [1.29, 1.82) is 0 Å². The van der Waals surface area contributed by atoms with Crippen molar-refractivity contribution in [3.8, 4) is 0 Å². The van der Waals surface area contributed by atoms with Crippen molar-refractivity contribution >= 4 is 28.8 Å². The lowest BCUT2D eigenvalue weighted by Crippen LogP contribution is -2.34. The molecule has 5 heteroatoms. The second-order valence-electron chi connectivity index (χ2n) is 6.41. The maximum absolute atomic E-state index is 13.4. The van der Waals surface area contributed by atoms with Crippen LogP contribution in [0.25, 0.3) is 5.57 Å². The minimum atomic E-state index is -0.430. The molecule has 0 radical (unpaired) electrons. The Bertz CT molecular complexity index is 1060. The zero-order valence-corrected chi connectivity index (χ0v) is 15.2. The summed E-state index contributed by atoms with van der Waals surface area (Å²) in [4.78, 5) is 29.4. The summed E-state index contributed by atoms with van der Waals surface area (Å²) in [7, 11) is 1.74. The van der Waals surface area contributed by atoms with E-state index >= 15 is 0 Å². The van der Waals surface area contributed by atoms with Crippen LogP contribution in [0.15, 0.2) is 90.6 Å². The molecular formula is C23H17FN2O2. The number of imide groups is 1. The quantitative estimate of drug-likeness (QED) is 0.643. The number of nitrogens with zero attached hydrogens (tertiary/aromatic N) is 2. The average molecular weight is 372 g/mol. The van der Waals surface area contributed by atoms with Crippen LogP contribution in [0.3, 0.4) is 0 Å². The highest BCUT2D eigenvalue weighted by atomic mass is 19.1.